The van der Waals surface area contributed by atoms with E-state index in [4.69, 9.17) is 10.3 Å². The van der Waals surface area contributed by atoms with Crippen LogP contribution in [0.4, 0.5) is 0 Å². The van der Waals surface area contributed by atoms with Gasteiger partial charge in [-0.1, -0.05) is 48.8 Å². The Morgan fingerprint density at radius 1 is 1.32 bits per heavy atom. The minimum atomic E-state index is -0.101. The van der Waals surface area contributed by atoms with E-state index < -0.39 is 0 Å². The third-order valence-corrected chi connectivity index (χ3v) is 3.72. The molecule has 3 rings (SSSR count). The fourth-order valence-corrected chi connectivity index (χ4v) is 2.53. The van der Waals surface area contributed by atoms with E-state index in [-0.39, 0.29) is 6.04 Å². The zero-order valence-electron chi connectivity index (χ0n) is 11.1. The molecule has 1 aliphatic carbocycles. The van der Waals surface area contributed by atoms with Crippen LogP contribution in [-0.4, -0.2) is 10.1 Å². The van der Waals surface area contributed by atoms with E-state index in [9.17, 15) is 0 Å². The van der Waals surface area contributed by atoms with Crippen molar-refractivity contribution in [1.82, 2.24) is 10.1 Å². The van der Waals surface area contributed by atoms with Crippen molar-refractivity contribution in [3.05, 3.63) is 47.6 Å². The van der Waals surface area contributed by atoms with E-state index in [1.54, 1.807) is 0 Å². The Labute approximate surface area is 113 Å². The summed E-state index contributed by atoms with van der Waals surface area (Å²) in [5, 5.41) is 4.01. The lowest BCUT2D eigenvalue weighted by Crippen LogP contribution is -2.11. The molecule has 1 aromatic heterocycles. The molecule has 100 valence electrons. The van der Waals surface area contributed by atoms with Crippen LogP contribution in [0.3, 0.4) is 0 Å². The first-order valence-electron chi connectivity index (χ1n) is 6.93. The van der Waals surface area contributed by atoms with Gasteiger partial charge in [0.05, 0.1) is 6.04 Å². The Morgan fingerprint density at radius 2 is 2.11 bits per heavy atom. The maximum absolute atomic E-state index is 6.00. The van der Waals surface area contributed by atoms with Gasteiger partial charge in [0.2, 0.25) is 5.89 Å². The first-order valence-corrected chi connectivity index (χ1v) is 6.93. The van der Waals surface area contributed by atoms with Crippen molar-refractivity contribution in [2.24, 2.45) is 5.73 Å². The molecule has 3 atom stereocenters. The number of aromatic nitrogens is 2. The van der Waals surface area contributed by atoms with Crippen molar-refractivity contribution in [3.63, 3.8) is 0 Å². The molecule has 3 unspecified atom stereocenters. The van der Waals surface area contributed by atoms with Crippen LogP contribution in [0.15, 0.2) is 34.9 Å². The molecular weight excluding hydrogens is 238 g/mol. The van der Waals surface area contributed by atoms with Crippen LogP contribution in [-0.2, 0) is 0 Å². The van der Waals surface area contributed by atoms with Crippen LogP contribution in [0.1, 0.15) is 61.3 Å². The normalized spacial score (nSPS) is 23.3. The van der Waals surface area contributed by atoms with Gasteiger partial charge in [-0.15, -0.1) is 0 Å². The average Bonchev–Trinajstić information content (AvgIpc) is 3.09. The highest BCUT2D eigenvalue weighted by Crippen LogP contribution is 2.54. The SMILES string of the molecule is CCCC(N)c1noc(C2CC2c2ccccc2)n1. The topological polar surface area (TPSA) is 64.9 Å². The molecule has 4 nitrogen and oxygen atoms in total. The van der Waals surface area contributed by atoms with Crippen molar-refractivity contribution >= 4 is 0 Å². The number of nitrogens with two attached hydrogens (primary N) is 1. The van der Waals surface area contributed by atoms with Gasteiger partial charge in [0.1, 0.15) is 0 Å². The molecule has 0 aliphatic heterocycles. The van der Waals surface area contributed by atoms with E-state index >= 15 is 0 Å². The second kappa shape index (κ2) is 5.13. The molecular formula is C15H19N3O. The molecule has 2 aromatic rings. The molecule has 0 bridgehead atoms. The lowest BCUT2D eigenvalue weighted by atomic mass is 10.1. The van der Waals surface area contributed by atoms with Crippen LogP contribution < -0.4 is 5.73 Å². The minimum Gasteiger partial charge on any atom is -0.339 e. The Morgan fingerprint density at radius 3 is 2.84 bits per heavy atom. The number of rotatable bonds is 5. The molecule has 1 heterocycles. The molecule has 1 fully saturated rings. The predicted molar refractivity (Wildman–Crippen MR) is 72.7 cm³/mol. The number of hydrogen-bond donors (Lipinski definition) is 1. The zero-order chi connectivity index (χ0) is 13.2. The highest BCUT2D eigenvalue weighted by molar-refractivity contribution is 5.30. The van der Waals surface area contributed by atoms with Gasteiger partial charge in [0.15, 0.2) is 5.82 Å². The minimum absolute atomic E-state index is 0.101. The Kier molecular flexibility index (Phi) is 3.34. The molecule has 1 aromatic carbocycles. The smallest absolute Gasteiger partial charge is 0.230 e. The zero-order valence-corrected chi connectivity index (χ0v) is 11.1. The second-order valence-corrected chi connectivity index (χ2v) is 5.25. The van der Waals surface area contributed by atoms with Gasteiger partial charge >= 0.3 is 0 Å². The first-order chi connectivity index (χ1) is 9.29. The standard InChI is InChI=1S/C15H19N3O/c1-2-6-13(16)14-17-15(19-18-14)12-9-11(12)10-7-4-3-5-8-10/h3-5,7-8,11-13H,2,6,9,16H2,1H3. The van der Waals surface area contributed by atoms with Crippen LogP contribution in [0, 0.1) is 0 Å². The second-order valence-electron chi connectivity index (χ2n) is 5.25. The molecule has 19 heavy (non-hydrogen) atoms. The highest BCUT2D eigenvalue weighted by atomic mass is 16.5. The third-order valence-electron chi connectivity index (χ3n) is 3.72. The van der Waals surface area contributed by atoms with Gasteiger partial charge in [0.25, 0.3) is 0 Å². The molecule has 0 spiro atoms. The Balaban J connectivity index is 1.69. The van der Waals surface area contributed by atoms with E-state index in [1.807, 2.05) is 6.07 Å². The van der Waals surface area contributed by atoms with Crippen molar-refractivity contribution < 1.29 is 4.52 Å². The fraction of sp³-hybridized carbons (Fsp3) is 0.467. The molecule has 0 saturated heterocycles. The summed E-state index contributed by atoms with van der Waals surface area (Å²) >= 11 is 0. The predicted octanol–water partition coefficient (Wildman–Crippen LogP) is 3.14. The first kappa shape index (κ1) is 12.4. The molecule has 0 amide bonds. The molecule has 0 radical (unpaired) electrons. The third kappa shape index (κ3) is 2.54. The summed E-state index contributed by atoms with van der Waals surface area (Å²) in [4.78, 5) is 4.46. The van der Waals surface area contributed by atoms with Crippen molar-refractivity contribution in [1.29, 1.82) is 0 Å². The summed E-state index contributed by atoms with van der Waals surface area (Å²) in [5.74, 6) is 2.29. The maximum atomic E-state index is 6.00. The molecule has 1 saturated carbocycles. The van der Waals surface area contributed by atoms with Gasteiger partial charge in [-0.25, -0.2) is 0 Å². The van der Waals surface area contributed by atoms with E-state index in [0.717, 1.165) is 25.2 Å². The van der Waals surface area contributed by atoms with E-state index in [2.05, 4.69) is 41.3 Å². The fourth-order valence-electron chi connectivity index (χ4n) is 2.53. The lowest BCUT2D eigenvalue weighted by molar-refractivity contribution is 0.368. The highest BCUT2D eigenvalue weighted by Gasteiger charge is 2.43. The summed E-state index contributed by atoms with van der Waals surface area (Å²) in [7, 11) is 0. The summed E-state index contributed by atoms with van der Waals surface area (Å²) in [6, 6.07) is 10.4. The summed E-state index contributed by atoms with van der Waals surface area (Å²) in [6.07, 6.45) is 3.02. The van der Waals surface area contributed by atoms with Crippen LogP contribution in [0.25, 0.3) is 0 Å². The largest absolute Gasteiger partial charge is 0.339 e. The van der Waals surface area contributed by atoms with E-state index in [1.165, 1.54) is 5.56 Å². The lowest BCUT2D eigenvalue weighted by Gasteiger charge is -2.02. The van der Waals surface area contributed by atoms with Gasteiger partial charge in [-0.2, -0.15) is 4.98 Å². The quantitative estimate of drug-likeness (QED) is 0.893. The van der Waals surface area contributed by atoms with Gasteiger partial charge < -0.3 is 10.3 Å². The number of benzene rings is 1. The monoisotopic (exact) mass is 257 g/mol. The van der Waals surface area contributed by atoms with Crippen molar-refractivity contribution in [2.45, 2.75) is 44.1 Å². The summed E-state index contributed by atoms with van der Waals surface area (Å²) in [6.45, 7) is 2.10. The van der Waals surface area contributed by atoms with Crippen LogP contribution >= 0.6 is 0 Å². The Bertz CT molecular complexity index is 537. The van der Waals surface area contributed by atoms with Crippen molar-refractivity contribution in [2.75, 3.05) is 0 Å². The number of hydrogen-bond acceptors (Lipinski definition) is 4. The van der Waals surface area contributed by atoms with Gasteiger partial charge in [-0.05, 0) is 24.3 Å². The van der Waals surface area contributed by atoms with E-state index in [0.29, 0.717) is 17.7 Å². The average molecular weight is 257 g/mol. The molecule has 2 N–H and O–H groups in total. The van der Waals surface area contributed by atoms with Crippen LogP contribution in [0.2, 0.25) is 0 Å². The summed E-state index contributed by atoms with van der Waals surface area (Å²) in [5.41, 5.74) is 7.35. The summed E-state index contributed by atoms with van der Waals surface area (Å²) < 4.78 is 5.37. The number of nitrogens with zero attached hydrogens (tertiary/aromatic N) is 2. The Hall–Kier alpha value is -1.68. The van der Waals surface area contributed by atoms with Gasteiger partial charge in [-0.3, -0.25) is 0 Å². The van der Waals surface area contributed by atoms with Crippen molar-refractivity contribution in [3.8, 4) is 0 Å². The molecule has 1 aliphatic rings. The molecule has 4 heteroatoms. The van der Waals surface area contributed by atoms with Gasteiger partial charge in [0, 0.05) is 5.92 Å². The van der Waals surface area contributed by atoms with Crippen LogP contribution in [0.5, 0.6) is 0 Å². The maximum Gasteiger partial charge on any atom is 0.230 e.